The Hall–Kier alpha value is -2.12. The standard InChI is InChI=1S/C19H28N4O3/c1-15(22-10-12-26-13-11-22)16-4-6-17(7-5-16)21-19(25)20-14-18(24)23-8-2-3-9-23/h4-7,15H,2-3,8-14H2,1H3,(H2,20,21,25). The Morgan fingerprint density at radius 3 is 2.38 bits per heavy atom. The van der Waals surface area contributed by atoms with Crippen LogP contribution < -0.4 is 10.6 Å². The van der Waals surface area contributed by atoms with Crippen LogP contribution in [0.3, 0.4) is 0 Å². The first-order valence-electron chi connectivity index (χ1n) is 9.38. The molecule has 2 aliphatic heterocycles. The van der Waals surface area contributed by atoms with E-state index < -0.39 is 0 Å². The Balaban J connectivity index is 1.45. The molecule has 7 nitrogen and oxygen atoms in total. The maximum Gasteiger partial charge on any atom is 0.319 e. The highest BCUT2D eigenvalue weighted by molar-refractivity contribution is 5.92. The number of benzene rings is 1. The number of amides is 3. The summed E-state index contributed by atoms with van der Waals surface area (Å²) in [6.07, 6.45) is 2.10. The maximum absolute atomic E-state index is 12.0. The molecule has 0 aliphatic carbocycles. The molecule has 2 saturated heterocycles. The van der Waals surface area contributed by atoms with Gasteiger partial charge in [-0.3, -0.25) is 9.69 Å². The van der Waals surface area contributed by atoms with Crippen molar-refractivity contribution in [3.8, 4) is 0 Å². The average Bonchev–Trinajstić information content (AvgIpc) is 3.22. The van der Waals surface area contributed by atoms with Gasteiger partial charge < -0.3 is 20.3 Å². The fraction of sp³-hybridized carbons (Fsp3) is 0.579. The number of nitrogens with zero attached hydrogens (tertiary/aromatic N) is 2. The van der Waals surface area contributed by atoms with E-state index in [1.165, 1.54) is 5.56 Å². The smallest absolute Gasteiger partial charge is 0.319 e. The molecule has 2 fully saturated rings. The fourth-order valence-electron chi connectivity index (χ4n) is 3.43. The first kappa shape index (κ1) is 18.7. The number of morpholine rings is 1. The molecule has 1 aromatic rings. The van der Waals surface area contributed by atoms with Gasteiger partial charge in [-0.2, -0.15) is 0 Å². The second kappa shape index (κ2) is 9.00. The van der Waals surface area contributed by atoms with Crippen LogP contribution in [-0.2, 0) is 9.53 Å². The van der Waals surface area contributed by atoms with Crippen molar-refractivity contribution in [2.75, 3.05) is 51.3 Å². The number of ether oxygens (including phenoxy) is 1. The maximum atomic E-state index is 12.0. The average molecular weight is 360 g/mol. The monoisotopic (exact) mass is 360 g/mol. The number of carbonyl (C=O) groups excluding carboxylic acids is 2. The number of rotatable bonds is 5. The van der Waals surface area contributed by atoms with Crippen molar-refractivity contribution in [2.24, 2.45) is 0 Å². The summed E-state index contributed by atoms with van der Waals surface area (Å²) in [5, 5.41) is 5.41. The highest BCUT2D eigenvalue weighted by Gasteiger charge is 2.19. The van der Waals surface area contributed by atoms with Crippen molar-refractivity contribution >= 4 is 17.6 Å². The molecular formula is C19H28N4O3. The lowest BCUT2D eigenvalue weighted by Gasteiger charge is -2.32. The number of anilines is 1. The van der Waals surface area contributed by atoms with Crippen LogP contribution in [-0.4, -0.2) is 67.7 Å². The molecule has 7 heteroatoms. The number of hydrogen-bond donors (Lipinski definition) is 2. The van der Waals surface area contributed by atoms with E-state index >= 15 is 0 Å². The molecule has 1 atom stereocenters. The Kier molecular flexibility index (Phi) is 6.46. The second-order valence-corrected chi connectivity index (χ2v) is 6.84. The van der Waals surface area contributed by atoms with Crippen LogP contribution >= 0.6 is 0 Å². The number of likely N-dealkylation sites (tertiary alicyclic amines) is 1. The van der Waals surface area contributed by atoms with Crippen molar-refractivity contribution < 1.29 is 14.3 Å². The molecule has 3 rings (SSSR count). The van der Waals surface area contributed by atoms with E-state index in [0.717, 1.165) is 52.2 Å². The van der Waals surface area contributed by atoms with E-state index in [0.29, 0.717) is 11.7 Å². The van der Waals surface area contributed by atoms with Gasteiger partial charge in [-0.1, -0.05) is 12.1 Å². The predicted octanol–water partition coefficient (Wildman–Crippen LogP) is 1.82. The summed E-state index contributed by atoms with van der Waals surface area (Å²) in [6.45, 7) is 7.25. The van der Waals surface area contributed by atoms with Gasteiger partial charge in [0.2, 0.25) is 5.91 Å². The molecule has 26 heavy (non-hydrogen) atoms. The largest absolute Gasteiger partial charge is 0.379 e. The molecule has 0 bridgehead atoms. The van der Waals surface area contributed by atoms with Gasteiger partial charge in [0.05, 0.1) is 19.8 Å². The lowest BCUT2D eigenvalue weighted by atomic mass is 10.1. The summed E-state index contributed by atoms with van der Waals surface area (Å²) >= 11 is 0. The predicted molar refractivity (Wildman–Crippen MR) is 100 cm³/mol. The molecule has 2 heterocycles. The van der Waals surface area contributed by atoms with Crippen LogP contribution in [0, 0.1) is 0 Å². The number of nitrogens with one attached hydrogen (secondary N) is 2. The molecule has 0 radical (unpaired) electrons. The Morgan fingerprint density at radius 1 is 1.08 bits per heavy atom. The fourth-order valence-corrected chi connectivity index (χ4v) is 3.43. The van der Waals surface area contributed by atoms with Crippen LogP contribution in [0.1, 0.15) is 31.4 Å². The second-order valence-electron chi connectivity index (χ2n) is 6.84. The number of hydrogen-bond acceptors (Lipinski definition) is 4. The Morgan fingerprint density at radius 2 is 1.73 bits per heavy atom. The molecule has 2 aliphatic rings. The highest BCUT2D eigenvalue weighted by atomic mass is 16.5. The van der Waals surface area contributed by atoms with Crippen molar-refractivity contribution in [2.45, 2.75) is 25.8 Å². The summed E-state index contributed by atoms with van der Waals surface area (Å²) < 4.78 is 5.40. The van der Waals surface area contributed by atoms with E-state index in [1.807, 2.05) is 24.3 Å². The van der Waals surface area contributed by atoms with E-state index in [1.54, 1.807) is 4.90 Å². The van der Waals surface area contributed by atoms with E-state index in [4.69, 9.17) is 4.74 Å². The summed E-state index contributed by atoms with van der Waals surface area (Å²) in [4.78, 5) is 28.1. The quantitative estimate of drug-likeness (QED) is 0.840. The topological polar surface area (TPSA) is 73.9 Å². The van der Waals surface area contributed by atoms with E-state index in [2.05, 4.69) is 22.5 Å². The van der Waals surface area contributed by atoms with E-state index in [9.17, 15) is 9.59 Å². The summed E-state index contributed by atoms with van der Waals surface area (Å²) in [5.41, 5.74) is 1.93. The molecule has 3 amide bonds. The van der Waals surface area contributed by atoms with Gasteiger partial charge in [-0.05, 0) is 37.5 Å². The Bertz CT molecular complexity index is 608. The van der Waals surface area contributed by atoms with Crippen molar-refractivity contribution in [1.82, 2.24) is 15.1 Å². The number of urea groups is 1. The van der Waals surface area contributed by atoms with Gasteiger partial charge in [0.25, 0.3) is 0 Å². The van der Waals surface area contributed by atoms with Crippen LogP contribution in [0.25, 0.3) is 0 Å². The minimum Gasteiger partial charge on any atom is -0.379 e. The van der Waals surface area contributed by atoms with Gasteiger partial charge >= 0.3 is 6.03 Å². The molecule has 0 spiro atoms. The molecule has 1 aromatic carbocycles. The minimum absolute atomic E-state index is 0.0210. The van der Waals surface area contributed by atoms with Crippen molar-refractivity contribution in [3.63, 3.8) is 0 Å². The lowest BCUT2D eigenvalue weighted by Crippen LogP contribution is -2.40. The Labute approximate surface area is 154 Å². The molecule has 1 unspecified atom stereocenters. The zero-order valence-electron chi connectivity index (χ0n) is 15.4. The third kappa shape index (κ3) is 4.95. The third-order valence-corrected chi connectivity index (χ3v) is 5.10. The summed E-state index contributed by atoms with van der Waals surface area (Å²) in [6, 6.07) is 7.82. The molecular weight excluding hydrogens is 332 g/mol. The normalized spacial score (nSPS) is 19.2. The van der Waals surface area contributed by atoms with E-state index in [-0.39, 0.29) is 18.5 Å². The van der Waals surface area contributed by atoms with Gasteiger partial charge in [-0.25, -0.2) is 4.79 Å². The van der Waals surface area contributed by atoms with Gasteiger partial charge in [0, 0.05) is 37.9 Å². The van der Waals surface area contributed by atoms with Crippen molar-refractivity contribution in [3.05, 3.63) is 29.8 Å². The summed E-state index contributed by atoms with van der Waals surface area (Å²) in [5.74, 6) is -0.0210. The SMILES string of the molecule is CC(c1ccc(NC(=O)NCC(=O)N2CCCC2)cc1)N1CCOCC1. The first-order valence-corrected chi connectivity index (χ1v) is 9.38. The first-order chi connectivity index (χ1) is 12.6. The van der Waals surface area contributed by atoms with Crippen LogP contribution in [0.2, 0.25) is 0 Å². The number of carbonyl (C=O) groups is 2. The zero-order valence-corrected chi connectivity index (χ0v) is 15.4. The minimum atomic E-state index is -0.355. The van der Waals surface area contributed by atoms with Gasteiger partial charge in [0.1, 0.15) is 0 Å². The molecule has 0 saturated carbocycles. The molecule has 142 valence electrons. The lowest BCUT2D eigenvalue weighted by molar-refractivity contribution is -0.128. The third-order valence-electron chi connectivity index (χ3n) is 5.10. The van der Waals surface area contributed by atoms with Crippen LogP contribution in [0.15, 0.2) is 24.3 Å². The van der Waals surface area contributed by atoms with Gasteiger partial charge in [0.15, 0.2) is 0 Å². The van der Waals surface area contributed by atoms with Crippen LogP contribution in [0.4, 0.5) is 10.5 Å². The summed E-state index contributed by atoms with van der Waals surface area (Å²) in [7, 11) is 0. The van der Waals surface area contributed by atoms with Crippen LogP contribution in [0.5, 0.6) is 0 Å². The van der Waals surface area contributed by atoms with Gasteiger partial charge in [-0.15, -0.1) is 0 Å². The molecule has 2 N–H and O–H groups in total. The highest BCUT2D eigenvalue weighted by Crippen LogP contribution is 2.22. The van der Waals surface area contributed by atoms with Crippen molar-refractivity contribution in [1.29, 1.82) is 0 Å². The molecule has 0 aromatic heterocycles. The zero-order chi connectivity index (χ0) is 18.4.